The number of rotatable bonds is 4. The molecule has 1 aliphatic heterocycles. The Morgan fingerprint density at radius 1 is 0.970 bits per heavy atom. The molecule has 0 aromatic heterocycles. The molecular weight excluding hydrogens is 463 g/mol. The average molecular weight is 483 g/mol. The number of hydrogen-bond donors (Lipinski definition) is 1. The summed E-state index contributed by atoms with van der Waals surface area (Å²) in [6.07, 6.45) is 0. The number of aryl methyl sites for hydroxylation is 1. The van der Waals surface area contributed by atoms with E-state index in [1.165, 1.54) is 12.0 Å². The van der Waals surface area contributed by atoms with Crippen LogP contribution < -0.4 is 5.32 Å². The van der Waals surface area contributed by atoms with Gasteiger partial charge in [0.25, 0.3) is 11.8 Å². The average Bonchev–Trinajstić information content (AvgIpc) is 2.91. The van der Waals surface area contributed by atoms with Crippen molar-refractivity contribution in [1.29, 1.82) is 0 Å². The molecule has 1 heterocycles. The van der Waals surface area contributed by atoms with Gasteiger partial charge in [-0.2, -0.15) is 0 Å². The number of fused-ring (bicyclic) bond motifs is 1. The number of hydrogen-bond acceptors (Lipinski definition) is 4. The Labute approximate surface area is 201 Å². The number of carbonyl (C=O) groups is 3. The van der Waals surface area contributed by atoms with Gasteiger partial charge in [0.1, 0.15) is 6.04 Å². The molecule has 33 heavy (non-hydrogen) atoms. The molecule has 8 heteroatoms. The minimum absolute atomic E-state index is 0.280. The zero-order valence-corrected chi connectivity index (χ0v) is 19.4. The molecule has 2 amide bonds. The van der Waals surface area contributed by atoms with Gasteiger partial charge in [-0.3, -0.25) is 9.59 Å². The Hall–Kier alpha value is -3.35. The number of ether oxygens (including phenoxy) is 1. The van der Waals surface area contributed by atoms with Crippen molar-refractivity contribution in [2.75, 3.05) is 12.4 Å². The van der Waals surface area contributed by atoms with Crippen molar-refractivity contribution in [1.82, 2.24) is 4.90 Å². The van der Waals surface area contributed by atoms with Crippen molar-refractivity contribution in [3.63, 3.8) is 0 Å². The summed E-state index contributed by atoms with van der Waals surface area (Å²) in [5.74, 6) is -1.63. The van der Waals surface area contributed by atoms with Crippen LogP contribution in [0.5, 0.6) is 0 Å². The molecule has 1 aliphatic rings. The third-order valence-electron chi connectivity index (χ3n) is 5.59. The predicted octanol–water partition coefficient (Wildman–Crippen LogP) is 5.35. The summed E-state index contributed by atoms with van der Waals surface area (Å²) in [6, 6.07) is 15.9. The summed E-state index contributed by atoms with van der Waals surface area (Å²) >= 11 is 12.1. The van der Waals surface area contributed by atoms with E-state index in [4.69, 9.17) is 27.9 Å². The van der Waals surface area contributed by atoms with Crippen LogP contribution in [0, 0.1) is 6.92 Å². The van der Waals surface area contributed by atoms with Gasteiger partial charge in [-0.15, -0.1) is 0 Å². The molecule has 0 saturated heterocycles. The lowest BCUT2D eigenvalue weighted by Gasteiger charge is -2.35. The van der Waals surface area contributed by atoms with Gasteiger partial charge < -0.3 is 15.0 Å². The molecule has 168 valence electrons. The first-order valence-electron chi connectivity index (χ1n) is 10.1. The van der Waals surface area contributed by atoms with Gasteiger partial charge in [0.2, 0.25) is 0 Å². The van der Waals surface area contributed by atoms with Gasteiger partial charge >= 0.3 is 5.97 Å². The molecule has 0 bridgehead atoms. The number of benzene rings is 3. The van der Waals surface area contributed by atoms with Crippen LogP contribution in [-0.4, -0.2) is 29.8 Å². The van der Waals surface area contributed by atoms with E-state index < -0.39 is 29.9 Å². The summed E-state index contributed by atoms with van der Waals surface area (Å²) in [7, 11) is 1.24. The summed E-state index contributed by atoms with van der Waals surface area (Å²) in [4.78, 5) is 41.9. The van der Waals surface area contributed by atoms with Gasteiger partial charge in [-0.25, -0.2) is 4.79 Å². The molecule has 0 aliphatic carbocycles. The van der Waals surface area contributed by atoms with Crippen LogP contribution in [0.3, 0.4) is 0 Å². The highest BCUT2D eigenvalue weighted by Crippen LogP contribution is 2.39. The summed E-state index contributed by atoms with van der Waals surface area (Å²) in [5.41, 5.74) is 2.38. The fourth-order valence-electron chi connectivity index (χ4n) is 3.98. The van der Waals surface area contributed by atoms with Crippen LogP contribution in [0.2, 0.25) is 10.0 Å². The molecule has 2 atom stereocenters. The number of carbonyl (C=O) groups excluding carboxylic acids is 3. The van der Waals surface area contributed by atoms with E-state index in [9.17, 15) is 14.4 Å². The second-order valence-electron chi connectivity index (χ2n) is 7.63. The molecule has 4 rings (SSSR count). The van der Waals surface area contributed by atoms with E-state index in [-0.39, 0.29) is 5.56 Å². The first-order valence-corrected chi connectivity index (χ1v) is 10.9. The molecular formula is C25H20Cl2N2O4. The van der Waals surface area contributed by atoms with Gasteiger partial charge in [0.05, 0.1) is 18.4 Å². The quantitative estimate of drug-likeness (QED) is 0.508. The van der Waals surface area contributed by atoms with Crippen molar-refractivity contribution in [3.05, 3.63) is 99.0 Å². The lowest BCUT2D eigenvalue weighted by molar-refractivity contribution is -0.147. The summed E-state index contributed by atoms with van der Waals surface area (Å²) in [6.45, 7) is 1.80. The maximum atomic E-state index is 14.0. The van der Waals surface area contributed by atoms with Crippen LogP contribution in [-0.2, 0) is 14.3 Å². The Kier molecular flexibility index (Phi) is 6.40. The van der Waals surface area contributed by atoms with E-state index in [0.717, 1.165) is 5.56 Å². The van der Waals surface area contributed by atoms with Crippen molar-refractivity contribution < 1.29 is 19.1 Å². The molecule has 0 radical (unpaired) electrons. The number of halogens is 2. The maximum Gasteiger partial charge on any atom is 0.333 e. The Morgan fingerprint density at radius 2 is 1.58 bits per heavy atom. The highest BCUT2D eigenvalue weighted by atomic mass is 35.5. The van der Waals surface area contributed by atoms with Gasteiger partial charge in [-0.1, -0.05) is 59.6 Å². The number of para-hydroxylation sites is 1. The lowest BCUT2D eigenvalue weighted by Crippen LogP contribution is -2.44. The number of nitrogens with zero attached hydrogens (tertiary/aromatic N) is 1. The minimum atomic E-state index is -1.20. The summed E-state index contributed by atoms with van der Waals surface area (Å²) < 4.78 is 5.07. The highest BCUT2D eigenvalue weighted by molar-refractivity contribution is 6.30. The topological polar surface area (TPSA) is 75.7 Å². The fourth-order valence-corrected chi connectivity index (χ4v) is 4.23. The Bertz CT molecular complexity index is 1230. The second kappa shape index (κ2) is 9.25. The number of amides is 2. The smallest absolute Gasteiger partial charge is 0.333 e. The number of nitrogens with one attached hydrogen (secondary N) is 1. The van der Waals surface area contributed by atoms with E-state index in [1.807, 2.05) is 0 Å². The first kappa shape index (κ1) is 22.8. The third kappa shape index (κ3) is 4.32. The predicted molar refractivity (Wildman–Crippen MR) is 126 cm³/mol. The zero-order chi connectivity index (χ0) is 23.7. The van der Waals surface area contributed by atoms with Crippen molar-refractivity contribution in [2.45, 2.75) is 19.0 Å². The SMILES string of the molecule is COC(=O)C(c1ccc(Cl)cc1)N1C(=O)c2cccc(C)c2NC(=O)C1c1ccc(Cl)cc1. The molecule has 2 unspecified atom stereocenters. The molecule has 0 fully saturated rings. The molecule has 0 saturated carbocycles. The number of methoxy groups -OCH3 is 1. The molecule has 3 aromatic carbocycles. The standard InChI is InChI=1S/C25H20Cl2N2O4/c1-14-4-3-5-19-20(14)28-23(30)21(15-6-10-17(26)11-7-15)29(24(19)31)22(25(32)33-2)16-8-12-18(27)13-9-16/h3-13,21-22H,1-2H3,(H,28,30). The van der Waals surface area contributed by atoms with Gasteiger partial charge in [0.15, 0.2) is 6.04 Å². The Balaban J connectivity index is 1.97. The van der Waals surface area contributed by atoms with Crippen LogP contribution in [0.25, 0.3) is 0 Å². The maximum absolute atomic E-state index is 14.0. The first-order chi connectivity index (χ1) is 15.8. The van der Waals surface area contributed by atoms with Crippen molar-refractivity contribution >= 4 is 46.7 Å². The normalized spacial score (nSPS) is 16.5. The molecule has 0 spiro atoms. The van der Waals surface area contributed by atoms with Crippen molar-refractivity contribution in [3.8, 4) is 0 Å². The van der Waals surface area contributed by atoms with Crippen LogP contribution in [0.15, 0.2) is 66.7 Å². The molecule has 3 aromatic rings. The molecule has 1 N–H and O–H groups in total. The number of esters is 1. The highest BCUT2D eigenvalue weighted by Gasteiger charge is 2.44. The van der Waals surface area contributed by atoms with Crippen LogP contribution in [0.4, 0.5) is 5.69 Å². The van der Waals surface area contributed by atoms with Crippen molar-refractivity contribution in [2.24, 2.45) is 0 Å². The lowest BCUT2D eigenvalue weighted by atomic mass is 9.97. The van der Waals surface area contributed by atoms with E-state index in [0.29, 0.717) is 26.9 Å². The van der Waals surface area contributed by atoms with E-state index >= 15 is 0 Å². The number of anilines is 1. The monoisotopic (exact) mass is 482 g/mol. The van der Waals surface area contributed by atoms with Crippen LogP contribution >= 0.6 is 23.2 Å². The fraction of sp³-hybridized carbons (Fsp3) is 0.160. The summed E-state index contributed by atoms with van der Waals surface area (Å²) in [5, 5.41) is 3.83. The van der Waals surface area contributed by atoms with E-state index in [2.05, 4.69) is 5.32 Å². The minimum Gasteiger partial charge on any atom is -0.467 e. The molecule has 6 nitrogen and oxygen atoms in total. The Morgan fingerprint density at radius 3 is 2.18 bits per heavy atom. The zero-order valence-electron chi connectivity index (χ0n) is 17.8. The van der Waals surface area contributed by atoms with Crippen LogP contribution in [0.1, 0.15) is 39.1 Å². The van der Waals surface area contributed by atoms with Gasteiger partial charge in [0, 0.05) is 10.0 Å². The van der Waals surface area contributed by atoms with E-state index in [1.54, 1.807) is 73.7 Å². The third-order valence-corrected chi connectivity index (χ3v) is 6.09. The second-order valence-corrected chi connectivity index (χ2v) is 8.50. The van der Waals surface area contributed by atoms with Gasteiger partial charge in [-0.05, 0) is 53.9 Å². The largest absolute Gasteiger partial charge is 0.467 e.